The molecule has 8 heteroatoms. The average molecular weight is 366 g/mol. The minimum absolute atomic E-state index is 0.202. The van der Waals surface area contributed by atoms with Crippen LogP contribution < -0.4 is 4.31 Å². The first-order chi connectivity index (χ1) is 11.6. The Hall–Kier alpha value is -1.93. The number of ether oxygens (including phenoxy) is 1. The molecule has 0 radical (unpaired) electrons. The number of amides is 2. The molecule has 2 aliphatic rings. The molecule has 0 aromatic heterocycles. The van der Waals surface area contributed by atoms with Crippen molar-refractivity contribution in [3.8, 4) is 0 Å². The Kier molecular flexibility index (Phi) is 4.36. The number of carbonyl (C=O) groups is 2. The smallest absolute Gasteiger partial charge is 0.254 e. The predicted molar refractivity (Wildman–Crippen MR) is 92.8 cm³/mol. The van der Waals surface area contributed by atoms with Gasteiger partial charge in [0.15, 0.2) is 0 Å². The van der Waals surface area contributed by atoms with Crippen LogP contribution in [0.3, 0.4) is 0 Å². The lowest BCUT2D eigenvalue weighted by molar-refractivity contribution is -0.119. The number of sulfonamides is 1. The second kappa shape index (κ2) is 6.10. The van der Waals surface area contributed by atoms with Crippen molar-refractivity contribution in [3.63, 3.8) is 0 Å². The second-order valence-corrected chi connectivity index (χ2v) is 9.02. The number of morpholine rings is 1. The van der Waals surface area contributed by atoms with Gasteiger partial charge < -0.3 is 9.64 Å². The third-order valence-electron chi connectivity index (χ3n) is 4.58. The summed E-state index contributed by atoms with van der Waals surface area (Å²) in [6.45, 7) is 6.80. The molecule has 2 aliphatic heterocycles. The molecule has 2 fully saturated rings. The molecule has 2 amide bonds. The minimum atomic E-state index is -3.69. The van der Waals surface area contributed by atoms with Crippen LogP contribution in [0.15, 0.2) is 24.3 Å². The van der Waals surface area contributed by atoms with Gasteiger partial charge in [-0.15, -0.1) is 0 Å². The van der Waals surface area contributed by atoms with Crippen LogP contribution in [0.25, 0.3) is 0 Å². The zero-order valence-corrected chi connectivity index (χ0v) is 15.4. The highest BCUT2D eigenvalue weighted by molar-refractivity contribution is 7.94. The van der Waals surface area contributed by atoms with Crippen molar-refractivity contribution >= 4 is 27.5 Å². The van der Waals surface area contributed by atoms with E-state index in [-0.39, 0.29) is 17.3 Å². The zero-order chi connectivity index (χ0) is 18.4. The highest BCUT2D eigenvalue weighted by atomic mass is 32.2. The first-order valence-corrected chi connectivity index (χ1v) is 9.81. The average Bonchev–Trinajstić information content (AvgIpc) is 2.74. The van der Waals surface area contributed by atoms with E-state index in [2.05, 4.69) is 0 Å². The molecular formula is C17H22N2O5S. The van der Waals surface area contributed by atoms with E-state index in [1.54, 1.807) is 24.0 Å². The van der Waals surface area contributed by atoms with Crippen LogP contribution in [0.4, 0.5) is 5.69 Å². The largest absolute Gasteiger partial charge is 0.377 e. The standard InChI is InChI=1S/C17H22N2O5S/c1-12-10-25(22,23)19(15(12)20)14-6-4-5-13(9-14)16(21)18-7-8-24-11-17(18,2)3/h4-6,9,12H,7-8,10-11H2,1-3H3. The monoisotopic (exact) mass is 366 g/mol. The van der Waals surface area contributed by atoms with Gasteiger partial charge >= 0.3 is 0 Å². The van der Waals surface area contributed by atoms with Crippen molar-refractivity contribution in [1.82, 2.24) is 4.90 Å². The van der Waals surface area contributed by atoms with Gasteiger partial charge in [-0.05, 0) is 32.0 Å². The van der Waals surface area contributed by atoms with E-state index >= 15 is 0 Å². The Balaban J connectivity index is 1.95. The molecule has 7 nitrogen and oxygen atoms in total. The van der Waals surface area contributed by atoms with Crippen LogP contribution >= 0.6 is 0 Å². The quantitative estimate of drug-likeness (QED) is 0.787. The minimum Gasteiger partial charge on any atom is -0.377 e. The summed E-state index contributed by atoms with van der Waals surface area (Å²) in [6, 6.07) is 6.24. The van der Waals surface area contributed by atoms with Gasteiger partial charge in [0, 0.05) is 12.1 Å². The molecule has 2 saturated heterocycles. The Morgan fingerprint density at radius 1 is 1.32 bits per heavy atom. The lowest BCUT2D eigenvalue weighted by Crippen LogP contribution is -2.55. The third-order valence-corrected chi connectivity index (χ3v) is 6.45. The molecule has 136 valence electrons. The van der Waals surface area contributed by atoms with E-state index < -0.39 is 27.4 Å². The molecule has 1 aromatic carbocycles. The van der Waals surface area contributed by atoms with Crippen molar-refractivity contribution in [2.45, 2.75) is 26.3 Å². The second-order valence-electron chi connectivity index (χ2n) is 7.15. The molecular weight excluding hydrogens is 344 g/mol. The highest BCUT2D eigenvalue weighted by Gasteiger charge is 2.42. The van der Waals surface area contributed by atoms with E-state index in [4.69, 9.17) is 4.74 Å². The van der Waals surface area contributed by atoms with Crippen molar-refractivity contribution in [2.75, 3.05) is 29.8 Å². The fourth-order valence-electron chi connectivity index (χ4n) is 3.24. The van der Waals surface area contributed by atoms with Gasteiger partial charge in [0.2, 0.25) is 15.9 Å². The van der Waals surface area contributed by atoms with Crippen LogP contribution in [-0.4, -0.2) is 56.2 Å². The van der Waals surface area contributed by atoms with Gasteiger partial charge in [-0.25, -0.2) is 12.7 Å². The maximum absolute atomic E-state index is 12.9. The van der Waals surface area contributed by atoms with Crippen LogP contribution in [0.2, 0.25) is 0 Å². The summed E-state index contributed by atoms with van der Waals surface area (Å²) >= 11 is 0. The van der Waals surface area contributed by atoms with Crippen molar-refractivity contribution in [3.05, 3.63) is 29.8 Å². The first kappa shape index (κ1) is 17.9. The van der Waals surface area contributed by atoms with Gasteiger partial charge in [0.05, 0.1) is 36.1 Å². The molecule has 2 heterocycles. The maximum atomic E-state index is 12.9. The van der Waals surface area contributed by atoms with Crippen LogP contribution in [-0.2, 0) is 19.6 Å². The van der Waals surface area contributed by atoms with E-state index in [9.17, 15) is 18.0 Å². The number of anilines is 1. The normalized spacial score (nSPS) is 25.2. The fourth-order valence-corrected chi connectivity index (χ4v) is 5.06. The Labute approximate surface area is 147 Å². The summed E-state index contributed by atoms with van der Waals surface area (Å²) in [7, 11) is -3.69. The molecule has 0 aliphatic carbocycles. The molecule has 0 spiro atoms. The molecule has 1 aromatic rings. The summed E-state index contributed by atoms with van der Waals surface area (Å²) in [6.07, 6.45) is 0. The predicted octanol–water partition coefficient (Wildman–Crippen LogP) is 1.25. The van der Waals surface area contributed by atoms with Crippen molar-refractivity contribution in [1.29, 1.82) is 0 Å². The summed E-state index contributed by atoms with van der Waals surface area (Å²) < 4.78 is 30.8. The summed E-state index contributed by atoms with van der Waals surface area (Å²) in [4.78, 5) is 26.9. The lowest BCUT2D eigenvalue weighted by atomic mass is 10.0. The van der Waals surface area contributed by atoms with Gasteiger partial charge in [0.1, 0.15) is 0 Å². The number of hydrogen-bond donors (Lipinski definition) is 0. The third kappa shape index (κ3) is 3.16. The molecule has 0 saturated carbocycles. The van der Waals surface area contributed by atoms with E-state index in [1.807, 2.05) is 13.8 Å². The number of hydrogen-bond acceptors (Lipinski definition) is 5. The Morgan fingerprint density at radius 3 is 2.64 bits per heavy atom. The fraction of sp³-hybridized carbons (Fsp3) is 0.529. The highest BCUT2D eigenvalue weighted by Crippen LogP contribution is 2.30. The molecule has 0 bridgehead atoms. The summed E-state index contributed by atoms with van der Waals surface area (Å²) in [5.41, 5.74) is 0.122. The van der Waals surface area contributed by atoms with Gasteiger partial charge in [-0.2, -0.15) is 0 Å². The topological polar surface area (TPSA) is 84.0 Å². The van der Waals surface area contributed by atoms with Gasteiger partial charge in [0.25, 0.3) is 5.91 Å². The van der Waals surface area contributed by atoms with E-state index in [0.29, 0.717) is 25.3 Å². The Morgan fingerprint density at radius 2 is 2.04 bits per heavy atom. The van der Waals surface area contributed by atoms with Gasteiger partial charge in [-0.3, -0.25) is 9.59 Å². The molecule has 3 rings (SSSR count). The summed E-state index contributed by atoms with van der Waals surface area (Å²) in [5.74, 6) is -1.45. The maximum Gasteiger partial charge on any atom is 0.254 e. The van der Waals surface area contributed by atoms with Crippen molar-refractivity contribution in [2.24, 2.45) is 5.92 Å². The van der Waals surface area contributed by atoms with Crippen molar-refractivity contribution < 1.29 is 22.7 Å². The van der Waals surface area contributed by atoms with Crippen LogP contribution in [0.5, 0.6) is 0 Å². The molecule has 1 atom stereocenters. The number of carbonyl (C=O) groups excluding carboxylic acids is 2. The first-order valence-electron chi connectivity index (χ1n) is 8.20. The Bertz CT molecular complexity index is 818. The van der Waals surface area contributed by atoms with Crippen LogP contribution in [0.1, 0.15) is 31.1 Å². The van der Waals surface area contributed by atoms with Crippen LogP contribution in [0, 0.1) is 5.92 Å². The zero-order valence-electron chi connectivity index (χ0n) is 14.6. The SMILES string of the molecule is CC1CS(=O)(=O)N(c2cccc(C(=O)N3CCOCC3(C)C)c2)C1=O. The number of nitrogens with zero attached hydrogens (tertiary/aromatic N) is 2. The van der Waals surface area contributed by atoms with Gasteiger partial charge in [-0.1, -0.05) is 13.0 Å². The molecule has 1 unspecified atom stereocenters. The molecule has 0 N–H and O–H groups in total. The number of rotatable bonds is 2. The van der Waals surface area contributed by atoms with E-state index in [1.165, 1.54) is 12.1 Å². The number of benzene rings is 1. The lowest BCUT2D eigenvalue weighted by Gasteiger charge is -2.42. The molecule has 25 heavy (non-hydrogen) atoms. The van der Waals surface area contributed by atoms with E-state index in [0.717, 1.165) is 4.31 Å². The summed E-state index contributed by atoms with van der Waals surface area (Å²) in [5, 5.41) is 0.